The molecule has 0 radical (unpaired) electrons. The molecule has 0 atom stereocenters. The van der Waals surface area contributed by atoms with Gasteiger partial charge in [0.05, 0.1) is 0 Å². The first-order chi connectivity index (χ1) is 6.27. The van der Waals surface area contributed by atoms with Crippen LogP contribution in [0.15, 0.2) is 24.3 Å². The Bertz CT molecular complexity index is 274. The average molecular weight is 196 g/mol. The number of hydrogen-bond acceptors (Lipinski definition) is 3. The van der Waals surface area contributed by atoms with Gasteiger partial charge < -0.3 is 5.11 Å². The molecule has 0 spiro atoms. The van der Waals surface area contributed by atoms with Gasteiger partial charge in [-0.05, 0) is 31.4 Å². The lowest BCUT2D eigenvalue weighted by atomic mass is 9.84. The Morgan fingerprint density at radius 1 is 1.14 bits per heavy atom. The number of rotatable bonds is 5. The third-order valence-corrected chi connectivity index (χ3v) is 2.04. The third kappa shape index (κ3) is 2.17. The van der Waals surface area contributed by atoms with Crippen molar-refractivity contribution >= 4 is 11.6 Å². The van der Waals surface area contributed by atoms with Crippen molar-refractivity contribution in [3.63, 3.8) is 0 Å². The number of Topliss-reactive ketones (excluding diaryl/α,β-unsaturated/α-hetero) is 2. The molecule has 0 saturated carbocycles. The van der Waals surface area contributed by atoms with Gasteiger partial charge in [0.2, 0.25) is 0 Å². The van der Waals surface area contributed by atoms with Gasteiger partial charge in [-0.25, -0.2) is 0 Å². The van der Waals surface area contributed by atoms with Crippen molar-refractivity contribution in [1.82, 2.24) is 0 Å². The molecule has 0 aromatic heterocycles. The van der Waals surface area contributed by atoms with Gasteiger partial charge in [-0.2, -0.15) is 0 Å². The van der Waals surface area contributed by atoms with Gasteiger partial charge in [-0.1, -0.05) is 20.1 Å². The third-order valence-electron chi connectivity index (χ3n) is 2.04. The molecule has 0 unspecified atom stereocenters. The Hall–Kier alpha value is -1.22. The summed E-state index contributed by atoms with van der Waals surface area (Å²) < 4.78 is 0. The zero-order valence-corrected chi connectivity index (χ0v) is 8.89. The fraction of sp³-hybridized carbons (Fsp3) is 0.455. The summed E-state index contributed by atoms with van der Waals surface area (Å²) in [5.74, 6) is -1.26. The average Bonchev–Trinajstić information content (AvgIpc) is 2.13. The number of ketones is 2. The second-order valence-electron chi connectivity index (χ2n) is 3.43. The topological polar surface area (TPSA) is 54.4 Å². The first-order valence-electron chi connectivity index (χ1n) is 4.40. The van der Waals surface area contributed by atoms with Gasteiger partial charge in [0.25, 0.3) is 0 Å². The summed E-state index contributed by atoms with van der Waals surface area (Å²) in [5.41, 5.74) is -1.63. The Balaban J connectivity index is 5.18. The molecule has 3 heteroatoms. The molecule has 0 aliphatic carbocycles. The predicted octanol–water partition coefficient (Wildman–Crippen LogP) is 1.42. The van der Waals surface area contributed by atoms with E-state index in [0.717, 1.165) is 0 Å². The molecule has 0 saturated heterocycles. The van der Waals surface area contributed by atoms with Crippen LogP contribution in [0.25, 0.3) is 0 Å². The SMILES string of the molecule is C=C(C)C(=O)C(O)(CC)C(=O)C(=C)C. The second-order valence-corrected chi connectivity index (χ2v) is 3.43. The van der Waals surface area contributed by atoms with Crippen LogP contribution in [-0.2, 0) is 9.59 Å². The molecule has 0 aliphatic heterocycles. The van der Waals surface area contributed by atoms with E-state index in [0.29, 0.717) is 0 Å². The van der Waals surface area contributed by atoms with Crippen LogP contribution >= 0.6 is 0 Å². The molecule has 78 valence electrons. The standard InChI is InChI=1S/C11H16O3/c1-6-11(14,9(12)7(2)3)10(13)8(4)5/h14H,2,4,6H2,1,3,5H3. The summed E-state index contributed by atoms with van der Waals surface area (Å²) in [5, 5.41) is 9.88. The predicted molar refractivity (Wildman–Crippen MR) is 54.9 cm³/mol. The van der Waals surface area contributed by atoms with Crippen molar-refractivity contribution < 1.29 is 14.7 Å². The minimum atomic E-state index is -1.97. The van der Waals surface area contributed by atoms with Crippen molar-refractivity contribution in [3.8, 4) is 0 Å². The smallest absolute Gasteiger partial charge is 0.197 e. The Kier molecular flexibility index (Phi) is 3.95. The van der Waals surface area contributed by atoms with E-state index in [1.807, 2.05) is 0 Å². The van der Waals surface area contributed by atoms with Crippen molar-refractivity contribution in [1.29, 1.82) is 0 Å². The van der Waals surface area contributed by atoms with E-state index in [2.05, 4.69) is 13.2 Å². The van der Waals surface area contributed by atoms with E-state index >= 15 is 0 Å². The van der Waals surface area contributed by atoms with Crippen LogP contribution in [0.4, 0.5) is 0 Å². The molecule has 1 N–H and O–H groups in total. The van der Waals surface area contributed by atoms with Crippen LogP contribution in [0, 0.1) is 0 Å². The number of carbonyl (C=O) groups is 2. The Morgan fingerprint density at radius 2 is 1.43 bits per heavy atom. The zero-order chi connectivity index (χ0) is 11.5. The van der Waals surface area contributed by atoms with E-state index in [-0.39, 0.29) is 17.6 Å². The molecule has 0 amide bonds. The molecule has 0 heterocycles. The lowest BCUT2D eigenvalue weighted by Crippen LogP contribution is -2.46. The molecule has 0 fully saturated rings. The van der Waals surface area contributed by atoms with Crippen molar-refractivity contribution in [3.05, 3.63) is 24.3 Å². The van der Waals surface area contributed by atoms with Crippen LogP contribution in [-0.4, -0.2) is 22.3 Å². The molecule has 14 heavy (non-hydrogen) atoms. The largest absolute Gasteiger partial charge is 0.374 e. The summed E-state index contributed by atoms with van der Waals surface area (Å²) in [6.07, 6.45) is 0.0321. The first-order valence-corrected chi connectivity index (χ1v) is 4.40. The van der Waals surface area contributed by atoms with Gasteiger partial charge in [0.1, 0.15) is 0 Å². The van der Waals surface area contributed by atoms with Crippen LogP contribution in [0.2, 0.25) is 0 Å². The normalized spacial score (nSPS) is 10.9. The monoisotopic (exact) mass is 196 g/mol. The molecule has 0 aromatic rings. The number of carbonyl (C=O) groups excluding carboxylic acids is 2. The van der Waals surface area contributed by atoms with Crippen molar-refractivity contribution in [2.75, 3.05) is 0 Å². The summed E-state index contributed by atoms with van der Waals surface area (Å²) in [6.45, 7) is 11.3. The molecule has 0 aromatic carbocycles. The van der Waals surface area contributed by atoms with E-state index < -0.39 is 17.2 Å². The van der Waals surface area contributed by atoms with Crippen LogP contribution < -0.4 is 0 Å². The summed E-state index contributed by atoms with van der Waals surface area (Å²) >= 11 is 0. The highest BCUT2D eigenvalue weighted by Crippen LogP contribution is 2.20. The maximum absolute atomic E-state index is 11.5. The first kappa shape index (κ1) is 12.8. The Morgan fingerprint density at radius 3 is 1.57 bits per heavy atom. The highest BCUT2D eigenvalue weighted by molar-refractivity contribution is 6.21. The van der Waals surface area contributed by atoms with Gasteiger partial charge in [-0.3, -0.25) is 9.59 Å². The molecular formula is C11H16O3. The van der Waals surface area contributed by atoms with Gasteiger partial charge in [0, 0.05) is 0 Å². The molecule has 0 aliphatic rings. The van der Waals surface area contributed by atoms with Gasteiger partial charge in [-0.15, -0.1) is 0 Å². The molecular weight excluding hydrogens is 180 g/mol. The van der Waals surface area contributed by atoms with Crippen molar-refractivity contribution in [2.45, 2.75) is 32.8 Å². The minimum absolute atomic E-state index is 0.0321. The summed E-state index contributed by atoms with van der Waals surface area (Å²) in [7, 11) is 0. The molecule has 0 rings (SSSR count). The highest BCUT2D eigenvalue weighted by Gasteiger charge is 2.41. The van der Waals surface area contributed by atoms with E-state index in [9.17, 15) is 14.7 Å². The number of aliphatic hydroxyl groups is 1. The molecule has 0 bridgehead atoms. The summed E-state index contributed by atoms with van der Waals surface area (Å²) in [4.78, 5) is 23.1. The maximum Gasteiger partial charge on any atom is 0.197 e. The van der Waals surface area contributed by atoms with Crippen LogP contribution in [0.1, 0.15) is 27.2 Å². The maximum atomic E-state index is 11.5. The van der Waals surface area contributed by atoms with E-state index in [1.54, 1.807) is 6.92 Å². The Labute approximate surface area is 84.1 Å². The second kappa shape index (κ2) is 4.33. The minimum Gasteiger partial charge on any atom is -0.374 e. The fourth-order valence-corrected chi connectivity index (χ4v) is 1.13. The van der Waals surface area contributed by atoms with Crippen molar-refractivity contribution in [2.24, 2.45) is 0 Å². The highest BCUT2D eigenvalue weighted by atomic mass is 16.3. The number of hydrogen-bond donors (Lipinski definition) is 1. The van der Waals surface area contributed by atoms with E-state index in [4.69, 9.17) is 0 Å². The van der Waals surface area contributed by atoms with Crippen LogP contribution in [0.5, 0.6) is 0 Å². The zero-order valence-electron chi connectivity index (χ0n) is 8.89. The fourth-order valence-electron chi connectivity index (χ4n) is 1.13. The van der Waals surface area contributed by atoms with E-state index in [1.165, 1.54) is 13.8 Å². The lowest BCUT2D eigenvalue weighted by molar-refractivity contribution is -0.146. The lowest BCUT2D eigenvalue weighted by Gasteiger charge is -2.23. The van der Waals surface area contributed by atoms with Gasteiger partial charge >= 0.3 is 0 Å². The van der Waals surface area contributed by atoms with Gasteiger partial charge in [0.15, 0.2) is 17.2 Å². The summed E-state index contributed by atoms with van der Waals surface area (Å²) in [6, 6.07) is 0. The molecule has 3 nitrogen and oxygen atoms in total. The van der Waals surface area contributed by atoms with Crippen LogP contribution in [0.3, 0.4) is 0 Å². The quantitative estimate of drug-likeness (QED) is 0.534.